The summed E-state index contributed by atoms with van der Waals surface area (Å²) in [7, 11) is -0.141. The lowest BCUT2D eigenvalue weighted by molar-refractivity contribution is 0.615. The van der Waals surface area contributed by atoms with Crippen molar-refractivity contribution in [2.24, 2.45) is 0 Å². The third kappa shape index (κ3) is 1.10. The highest BCUT2D eigenvalue weighted by atomic mass is 32.2. The van der Waals surface area contributed by atoms with Crippen LogP contribution >= 0.6 is 10.9 Å². The molecule has 2 aromatic heterocycles. The molecule has 12 heavy (non-hydrogen) atoms. The Morgan fingerprint density at radius 1 is 1.33 bits per heavy atom. The van der Waals surface area contributed by atoms with Crippen molar-refractivity contribution in [1.29, 1.82) is 0 Å². The summed E-state index contributed by atoms with van der Waals surface area (Å²) < 4.78 is 5.28. The number of hydrogen-bond acceptors (Lipinski definition) is 2. The maximum atomic E-state index is 5.28. The molecule has 2 aromatic rings. The van der Waals surface area contributed by atoms with Crippen LogP contribution in [0.2, 0.25) is 0 Å². The zero-order valence-electron chi connectivity index (χ0n) is 7.11. The maximum Gasteiger partial charge on any atom is 0.138 e. The molecule has 2 nitrogen and oxygen atoms in total. The highest BCUT2D eigenvalue weighted by Gasteiger charge is 2.04. The molecule has 0 spiro atoms. The van der Waals surface area contributed by atoms with Gasteiger partial charge in [-0.05, 0) is 24.6 Å². The molecule has 0 atom stereocenters. The van der Waals surface area contributed by atoms with Gasteiger partial charge in [-0.3, -0.25) is 4.98 Å². The number of aromatic nitrogens is 1. The fraction of sp³-hybridized carbons (Fsp3) is 0.222. The molecule has 0 N–H and O–H groups in total. The molecular weight excluding hydrogens is 170 g/mol. The molecule has 2 rings (SSSR count). The van der Waals surface area contributed by atoms with Crippen molar-refractivity contribution in [3.63, 3.8) is 0 Å². The topological polar surface area (TPSA) is 26.0 Å². The van der Waals surface area contributed by atoms with Gasteiger partial charge in [0.1, 0.15) is 5.58 Å². The first-order chi connectivity index (χ1) is 5.79. The molecule has 0 aliphatic heterocycles. The second-order valence-corrected chi connectivity index (χ2v) is 5.07. The number of furan rings is 1. The quantitative estimate of drug-likeness (QED) is 0.684. The van der Waals surface area contributed by atoms with E-state index < -0.39 is 0 Å². The average Bonchev–Trinajstić information content (AvgIpc) is 2.49. The van der Waals surface area contributed by atoms with E-state index >= 15 is 0 Å². The standard InChI is InChI=1S/C9H11NOS/c1-12(2)9-7-4-6-11-8(7)3-5-10-9/h3-6,12H,1-2H3. The second kappa shape index (κ2) is 2.83. The molecule has 64 valence electrons. The van der Waals surface area contributed by atoms with Crippen molar-refractivity contribution in [2.45, 2.75) is 5.03 Å². The molecule has 0 saturated heterocycles. The zero-order chi connectivity index (χ0) is 8.55. The van der Waals surface area contributed by atoms with Crippen molar-refractivity contribution in [2.75, 3.05) is 12.5 Å². The van der Waals surface area contributed by atoms with Gasteiger partial charge in [0.25, 0.3) is 0 Å². The van der Waals surface area contributed by atoms with Crippen LogP contribution in [0.25, 0.3) is 11.0 Å². The molecule has 2 heterocycles. The molecule has 3 heteroatoms. The Balaban J connectivity index is 2.73. The zero-order valence-corrected chi connectivity index (χ0v) is 8.01. The van der Waals surface area contributed by atoms with E-state index in [2.05, 4.69) is 17.5 Å². The van der Waals surface area contributed by atoms with Crippen molar-refractivity contribution in [1.82, 2.24) is 4.98 Å². The van der Waals surface area contributed by atoms with Gasteiger partial charge in [0, 0.05) is 6.20 Å². The molecule has 0 aliphatic rings. The van der Waals surface area contributed by atoms with Gasteiger partial charge in [-0.15, -0.1) is 0 Å². The van der Waals surface area contributed by atoms with E-state index in [1.165, 1.54) is 5.03 Å². The predicted octanol–water partition coefficient (Wildman–Crippen LogP) is 2.45. The Kier molecular flexibility index (Phi) is 1.81. The van der Waals surface area contributed by atoms with Crippen LogP contribution in [0, 0.1) is 0 Å². The first kappa shape index (κ1) is 7.68. The summed E-state index contributed by atoms with van der Waals surface area (Å²) >= 11 is 0. The third-order valence-corrected chi connectivity index (χ3v) is 2.99. The third-order valence-electron chi connectivity index (χ3n) is 1.78. The minimum Gasteiger partial charge on any atom is -0.464 e. The van der Waals surface area contributed by atoms with Gasteiger partial charge in [0.2, 0.25) is 0 Å². The lowest BCUT2D eigenvalue weighted by Gasteiger charge is -2.07. The summed E-state index contributed by atoms with van der Waals surface area (Å²) in [6, 6.07) is 3.89. The first-order valence-electron chi connectivity index (χ1n) is 3.78. The fourth-order valence-electron chi connectivity index (χ4n) is 1.24. The van der Waals surface area contributed by atoms with Crippen molar-refractivity contribution in [3.8, 4) is 0 Å². The summed E-state index contributed by atoms with van der Waals surface area (Å²) in [4.78, 5) is 4.35. The smallest absolute Gasteiger partial charge is 0.138 e. The van der Waals surface area contributed by atoms with Gasteiger partial charge in [-0.1, -0.05) is 0 Å². The molecule has 0 radical (unpaired) electrons. The number of thiol groups is 1. The lowest BCUT2D eigenvalue weighted by Crippen LogP contribution is -1.83. The van der Waals surface area contributed by atoms with Gasteiger partial charge in [0.15, 0.2) is 0 Å². The van der Waals surface area contributed by atoms with Crippen LogP contribution in [0.4, 0.5) is 0 Å². The van der Waals surface area contributed by atoms with E-state index in [9.17, 15) is 0 Å². The monoisotopic (exact) mass is 181 g/mol. The van der Waals surface area contributed by atoms with Crippen LogP contribution in [0.3, 0.4) is 0 Å². The van der Waals surface area contributed by atoms with Crippen molar-refractivity contribution in [3.05, 3.63) is 24.6 Å². The Hall–Kier alpha value is -0.960. The Bertz CT molecular complexity index is 394. The predicted molar refractivity (Wildman–Crippen MR) is 53.1 cm³/mol. The summed E-state index contributed by atoms with van der Waals surface area (Å²) in [5.41, 5.74) is 0.941. The number of nitrogens with zero attached hydrogens (tertiary/aromatic N) is 1. The van der Waals surface area contributed by atoms with Crippen molar-refractivity contribution >= 4 is 21.9 Å². The van der Waals surface area contributed by atoms with Crippen molar-refractivity contribution < 1.29 is 4.42 Å². The van der Waals surface area contributed by atoms with E-state index in [4.69, 9.17) is 4.42 Å². The summed E-state index contributed by atoms with van der Waals surface area (Å²) in [5.74, 6) is 0. The van der Waals surface area contributed by atoms with E-state index in [-0.39, 0.29) is 10.9 Å². The minimum atomic E-state index is -0.141. The average molecular weight is 181 g/mol. The van der Waals surface area contributed by atoms with Gasteiger partial charge in [0.05, 0.1) is 16.7 Å². The Morgan fingerprint density at radius 2 is 2.17 bits per heavy atom. The second-order valence-electron chi connectivity index (χ2n) is 2.86. The van der Waals surface area contributed by atoms with E-state index in [1.807, 2.05) is 18.3 Å². The van der Waals surface area contributed by atoms with Crippen LogP contribution < -0.4 is 0 Å². The van der Waals surface area contributed by atoms with Gasteiger partial charge in [-0.2, -0.15) is 0 Å². The van der Waals surface area contributed by atoms with Gasteiger partial charge in [-0.25, -0.2) is 10.9 Å². The van der Waals surface area contributed by atoms with Gasteiger partial charge >= 0.3 is 0 Å². The maximum absolute atomic E-state index is 5.28. The largest absolute Gasteiger partial charge is 0.464 e. The van der Waals surface area contributed by atoms with E-state index in [0.29, 0.717) is 0 Å². The molecule has 0 saturated carbocycles. The van der Waals surface area contributed by atoms with Crippen LogP contribution in [-0.4, -0.2) is 17.5 Å². The van der Waals surface area contributed by atoms with Gasteiger partial charge < -0.3 is 4.42 Å². The number of rotatable bonds is 1. The van der Waals surface area contributed by atoms with Crippen LogP contribution in [0.15, 0.2) is 34.0 Å². The fourth-order valence-corrected chi connectivity index (χ4v) is 2.20. The Labute approximate surface area is 73.9 Å². The van der Waals surface area contributed by atoms with Crippen LogP contribution in [0.5, 0.6) is 0 Å². The van der Waals surface area contributed by atoms with E-state index in [1.54, 1.807) is 6.26 Å². The summed E-state index contributed by atoms with van der Waals surface area (Å²) in [6.45, 7) is 0. The SMILES string of the molecule is C[SH](C)c1nccc2occc12. The molecule has 0 bridgehead atoms. The highest BCUT2D eigenvalue weighted by molar-refractivity contribution is 8.15. The number of pyridine rings is 1. The molecule has 0 aliphatic carbocycles. The Morgan fingerprint density at radius 3 is 2.92 bits per heavy atom. The number of hydrogen-bond donors (Lipinski definition) is 1. The minimum absolute atomic E-state index is 0.141. The molecular formula is C9H11NOS. The molecule has 0 aromatic carbocycles. The lowest BCUT2D eigenvalue weighted by atomic mass is 10.3. The van der Waals surface area contributed by atoms with Crippen LogP contribution in [-0.2, 0) is 0 Å². The highest BCUT2D eigenvalue weighted by Crippen LogP contribution is 2.32. The molecule has 0 unspecified atom stereocenters. The molecule has 0 fully saturated rings. The van der Waals surface area contributed by atoms with Crippen LogP contribution in [0.1, 0.15) is 0 Å². The number of fused-ring (bicyclic) bond motifs is 1. The molecule has 0 amide bonds. The summed E-state index contributed by atoms with van der Waals surface area (Å²) in [6.07, 6.45) is 7.92. The first-order valence-corrected chi connectivity index (χ1v) is 6.02. The normalized spacial score (nSPS) is 12.0. The van der Waals surface area contributed by atoms with E-state index in [0.717, 1.165) is 11.0 Å². The summed E-state index contributed by atoms with van der Waals surface area (Å²) in [5, 5.41) is 2.34.